The number of aromatic nitrogens is 2. The van der Waals surface area contributed by atoms with E-state index in [2.05, 4.69) is 146 Å². The number of nitrogens with zero attached hydrogens (tertiary/aromatic N) is 2. The predicted molar refractivity (Wildman–Crippen MR) is 180 cm³/mol. The second-order valence-corrected chi connectivity index (χ2v) is 13.1. The molecule has 0 N–H and O–H groups in total. The normalized spacial score (nSPS) is 20.7. The van der Waals surface area contributed by atoms with Gasteiger partial charge in [-0.2, -0.15) is 9.13 Å². The lowest BCUT2D eigenvalue weighted by Gasteiger charge is -2.59. The van der Waals surface area contributed by atoms with Crippen molar-refractivity contribution >= 4 is 5.57 Å². The molecule has 2 atom stereocenters. The number of unbranched alkanes of at least 4 members (excludes halogenated alkanes) is 1. The van der Waals surface area contributed by atoms with Crippen LogP contribution in [0.1, 0.15) is 68.7 Å². The molecule has 0 fully saturated rings. The Bertz CT molecular complexity index is 1970. The van der Waals surface area contributed by atoms with Gasteiger partial charge in [0.25, 0.3) is 0 Å². The fraction of sp³-hybridized carbons (Fsp3) is 0.286. The summed E-state index contributed by atoms with van der Waals surface area (Å²) in [5, 5.41) is 0. The molecular formula is C42H42N2+2. The molecule has 0 saturated carbocycles. The first-order valence-electron chi connectivity index (χ1n) is 16.7. The van der Waals surface area contributed by atoms with E-state index in [4.69, 9.17) is 0 Å². The summed E-state index contributed by atoms with van der Waals surface area (Å²) in [7, 11) is 0. The van der Waals surface area contributed by atoms with Crippen molar-refractivity contribution in [2.75, 3.05) is 0 Å². The van der Waals surface area contributed by atoms with Crippen LogP contribution in [0.2, 0.25) is 0 Å². The average molecular weight is 575 g/mol. The van der Waals surface area contributed by atoms with E-state index in [1.807, 2.05) is 0 Å². The summed E-state index contributed by atoms with van der Waals surface area (Å²) in [5.41, 5.74) is 16.6. The second kappa shape index (κ2) is 10.1. The highest BCUT2D eigenvalue weighted by Gasteiger charge is 2.74. The van der Waals surface area contributed by atoms with E-state index in [0.717, 1.165) is 25.8 Å². The number of allylic oxidation sites excluding steroid dienone is 2. The minimum atomic E-state index is -0.136. The van der Waals surface area contributed by atoms with Crippen LogP contribution in [0.15, 0.2) is 115 Å². The summed E-state index contributed by atoms with van der Waals surface area (Å²) >= 11 is 0. The minimum Gasteiger partial charge on any atom is -0.193 e. The van der Waals surface area contributed by atoms with E-state index in [-0.39, 0.29) is 11.0 Å². The van der Waals surface area contributed by atoms with Gasteiger partial charge in [-0.3, -0.25) is 0 Å². The van der Waals surface area contributed by atoms with Crippen LogP contribution in [0.25, 0.3) is 39.2 Å². The van der Waals surface area contributed by atoms with Gasteiger partial charge in [0.1, 0.15) is 0 Å². The summed E-state index contributed by atoms with van der Waals surface area (Å²) in [6.45, 7) is 10.3. The Morgan fingerprint density at radius 2 is 1.41 bits per heavy atom. The molecule has 2 aromatic heterocycles. The molecule has 0 radical (unpaired) electrons. The maximum Gasteiger partial charge on any atom is 0.213 e. The van der Waals surface area contributed by atoms with Crippen molar-refractivity contribution in [3.63, 3.8) is 0 Å². The highest BCUT2D eigenvalue weighted by atomic mass is 15.1. The van der Waals surface area contributed by atoms with Crippen LogP contribution < -0.4 is 9.13 Å². The number of hydrogen-bond acceptors (Lipinski definition) is 0. The van der Waals surface area contributed by atoms with E-state index in [1.54, 1.807) is 11.1 Å². The molecule has 218 valence electrons. The molecule has 2 aliphatic heterocycles. The molecule has 44 heavy (non-hydrogen) atoms. The molecule has 1 aliphatic carbocycles. The molecule has 0 bridgehead atoms. The lowest BCUT2D eigenvalue weighted by molar-refractivity contribution is -0.769. The Labute approximate surface area is 262 Å². The van der Waals surface area contributed by atoms with Gasteiger partial charge in [0.2, 0.25) is 16.9 Å². The van der Waals surface area contributed by atoms with Gasteiger partial charge in [0.05, 0.1) is 22.1 Å². The van der Waals surface area contributed by atoms with Crippen LogP contribution >= 0.6 is 0 Å². The first-order valence-corrected chi connectivity index (χ1v) is 16.7. The minimum absolute atomic E-state index is 0.106. The third-order valence-corrected chi connectivity index (χ3v) is 11.1. The molecule has 2 heteroatoms. The quantitative estimate of drug-likeness (QED) is 0.179. The standard InChI is InChI=1S/C42H42N2/c1-5-8-16-30-23-24-38-34-21-14-15-22-36(34)41(6-2)40-33-20-13-12-19-32(33)39-25-29(4)35(31-17-10-9-11-18-31)27-43(39)28-37(40)42(41,7-3)44(38)26-30/h9-15,17-27H,5-8,16,28H2,1-4H3/q+2. The molecule has 2 nitrogen and oxygen atoms in total. The Balaban J connectivity index is 1.46. The largest absolute Gasteiger partial charge is 0.213 e. The molecule has 3 aromatic carbocycles. The van der Waals surface area contributed by atoms with Crippen molar-refractivity contribution in [2.45, 2.75) is 77.3 Å². The summed E-state index contributed by atoms with van der Waals surface area (Å²) < 4.78 is 5.30. The van der Waals surface area contributed by atoms with E-state index in [1.165, 1.54) is 68.7 Å². The third-order valence-electron chi connectivity index (χ3n) is 11.1. The van der Waals surface area contributed by atoms with Crippen molar-refractivity contribution in [1.29, 1.82) is 0 Å². The van der Waals surface area contributed by atoms with E-state index in [0.29, 0.717) is 0 Å². The van der Waals surface area contributed by atoms with Crippen LogP contribution in [0, 0.1) is 6.92 Å². The molecule has 2 unspecified atom stereocenters. The smallest absolute Gasteiger partial charge is 0.193 e. The fourth-order valence-electron chi connectivity index (χ4n) is 9.28. The Hall–Kier alpha value is -4.30. The highest BCUT2D eigenvalue weighted by molar-refractivity contribution is 5.95. The van der Waals surface area contributed by atoms with E-state index < -0.39 is 0 Å². The van der Waals surface area contributed by atoms with Gasteiger partial charge in [-0.05, 0) is 72.2 Å². The van der Waals surface area contributed by atoms with Gasteiger partial charge >= 0.3 is 0 Å². The Morgan fingerprint density at radius 3 is 2.16 bits per heavy atom. The third kappa shape index (κ3) is 3.43. The number of hydrogen-bond donors (Lipinski definition) is 0. The molecule has 0 saturated heterocycles. The molecule has 8 rings (SSSR count). The van der Waals surface area contributed by atoms with Gasteiger partial charge in [-0.15, -0.1) is 0 Å². The first kappa shape index (κ1) is 27.3. The highest BCUT2D eigenvalue weighted by Crippen LogP contribution is 2.68. The van der Waals surface area contributed by atoms with Gasteiger partial charge in [-0.25, -0.2) is 0 Å². The average Bonchev–Trinajstić information content (AvgIpc) is 3.19. The fourth-order valence-corrected chi connectivity index (χ4v) is 9.28. The Kier molecular flexibility index (Phi) is 6.27. The maximum atomic E-state index is 2.74. The van der Waals surface area contributed by atoms with Crippen LogP contribution in [0.3, 0.4) is 0 Å². The molecule has 4 heterocycles. The lowest BCUT2D eigenvalue weighted by Crippen LogP contribution is -2.77. The summed E-state index contributed by atoms with van der Waals surface area (Å²) in [4.78, 5) is 0. The van der Waals surface area contributed by atoms with Crippen molar-refractivity contribution in [3.05, 3.63) is 137 Å². The predicted octanol–water partition coefficient (Wildman–Crippen LogP) is 9.16. The topological polar surface area (TPSA) is 7.76 Å². The van der Waals surface area contributed by atoms with Gasteiger partial charge in [-0.1, -0.05) is 93.9 Å². The summed E-state index contributed by atoms with van der Waals surface area (Å²) in [6, 6.07) is 36.7. The van der Waals surface area contributed by atoms with Crippen LogP contribution in [-0.4, -0.2) is 0 Å². The van der Waals surface area contributed by atoms with Crippen molar-refractivity contribution in [2.24, 2.45) is 0 Å². The van der Waals surface area contributed by atoms with Gasteiger partial charge in [0, 0.05) is 29.7 Å². The van der Waals surface area contributed by atoms with Crippen LogP contribution in [0.5, 0.6) is 0 Å². The monoisotopic (exact) mass is 574 g/mol. The second-order valence-electron chi connectivity index (χ2n) is 13.1. The number of benzene rings is 3. The first-order chi connectivity index (χ1) is 21.6. The maximum absolute atomic E-state index is 2.74. The van der Waals surface area contributed by atoms with Crippen LogP contribution in [0.4, 0.5) is 0 Å². The van der Waals surface area contributed by atoms with E-state index >= 15 is 0 Å². The zero-order valence-corrected chi connectivity index (χ0v) is 26.5. The zero-order valence-electron chi connectivity index (χ0n) is 26.5. The number of rotatable bonds is 6. The van der Waals surface area contributed by atoms with Crippen LogP contribution in [-0.2, 0) is 23.9 Å². The van der Waals surface area contributed by atoms with Gasteiger partial charge < -0.3 is 0 Å². The molecule has 5 aromatic rings. The van der Waals surface area contributed by atoms with Crippen molar-refractivity contribution < 1.29 is 9.13 Å². The SMILES string of the molecule is CCCCc1ccc2[n+](c1)C1(CC)C3=C(c4ccccc4-c4cc(C)c(-c5ccccc5)c[n+]4C3)C1(CC)c1ccccc1-2. The summed E-state index contributed by atoms with van der Waals surface area (Å²) in [6.07, 6.45) is 10.6. The molecule has 0 spiro atoms. The van der Waals surface area contributed by atoms with Gasteiger partial charge in [0.15, 0.2) is 18.9 Å². The number of pyridine rings is 2. The molecule has 3 aliphatic rings. The van der Waals surface area contributed by atoms with Crippen molar-refractivity contribution in [1.82, 2.24) is 0 Å². The van der Waals surface area contributed by atoms with Crippen molar-refractivity contribution in [3.8, 4) is 33.6 Å². The number of aryl methyl sites for hydroxylation is 2. The lowest BCUT2D eigenvalue weighted by atomic mass is 9.43. The summed E-state index contributed by atoms with van der Waals surface area (Å²) in [5.74, 6) is 0. The zero-order chi connectivity index (χ0) is 30.1. The molecular weight excluding hydrogens is 532 g/mol. The Morgan fingerprint density at radius 1 is 0.682 bits per heavy atom. The molecule has 0 amide bonds. The van der Waals surface area contributed by atoms with E-state index in [9.17, 15) is 0 Å². The number of fused-ring (bicyclic) bond motifs is 12.